The number of methoxy groups -OCH3 is 1. The number of rotatable bonds is 7. The Bertz CT molecular complexity index is 631. The average Bonchev–Trinajstić information content (AvgIpc) is 2.86. The summed E-state index contributed by atoms with van der Waals surface area (Å²) in [6.07, 6.45) is 1.90. The number of nitrogens with zero attached hydrogens (tertiary/aromatic N) is 1. The van der Waals surface area contributed by atoms with Crippen molar-refractivity contribution in [3.8, 4) is 0 Å². The number of benzene rings is 1. The van der Waals surface area contributed by atoms with Crippen LogP contribution >= 0.6 is 0 Å². The van der Waals surface area contributed by atoms with Gasteiger partial charge in [-0.15, -0.1) is 0 Å². The highest BCUT2D eigenvalue weighted by atomic mass is 16.5. The van der Waals surface area contributed by atoms with Gasteiger partial charge in [0.2, 0.25) is 0 Å². The van der Waals surface area contributed by atoms with Crippen molar-refractivity contribution in [2.75, 3.05) is 13.7 Å². The predicted octanol–water partition coefficient (Wildman–Crippen LogP) is 3.52. The summed E-state index contributed by atoms with van der Waals surface area (Å²) < 4.78 is 5.48. The van der Waals surface area contributed by atoms with Crippen LogP contribution < -0.4 is 5.32 Å². The topological polar surface area (TPSA) is 49.9 Å². The highest BCUT2D eigenvalue weighted by molar-refractivity contribution is 5.79. The van der Waals surface area contributed by atoms with Crippen molar-refractivity contribution in [3.05, 3.63) is 29.1 Å². The maximum Gasteiger partial charge on any atom is 0.108 e. The lowest BCUT2D eigenvalue weighted by Gasteiger charge is -2.27. The molecular weight excluding hydrogens is 274 g/mol. The first-order valence-electron chi connectivity index (χ1n) is 8.06. The normalized spacial score (nSPS) is 13.7. The molecule has 2 rings (SSSR count). The molecule has 0 spiro atoms. The number of fused-ring (bicyclic) bond motifs is 1. The molecule has 4 heteroatoms. The number of ether oxygens (including phenoxy) is 1. The van der Waals surface area contributed by atoms with Gasteiger partial charge >= 0.3 is 0 Å². The number of hydrogen-bond acceptors (Lipinski definition) is 3. The van der Waals surface area contributed by atoms with Crippen LogP contribution in [0.25, 0.3) is 11.0 Å². The Balaban J connectivity index is 1.91. The van der Waals surface area contributed by atoms with E-state index in [1.165, 1.54) is 11.1 Å². The predicted molar refractivity (Wildman–Crippen MR) is 92.4 cm³/mol. The van der Waals surface area contributed by atoms with Crippen molar-refractivity contribution in [2.45, 2.75) is 59.1 Å². The summed E-state index contributed by atoms with van der Waals surface area (Å²) in [4.78, 5) is 8.16. The third-order valence-electron chi connectivity index (χ3n) is 4.43. The highest BCUT2D eigenvalue weighted by Crippen LogP contribution is 2.19. The second kappa shape index (κ2) is 6.80. The van der Waals surface area contributed by atoms with E-state index < -0.39 is 0 Å². The molecule has 0 fully saturated rings. The van der Waals surface area contributed by atoms with E-state index in [9.17, 15) is 0 Å². The molecule has 0 amide bonds. The minimum atomic E-state index is -0.0829. The Morgan fingerprint density at radius 1 is 1.32 bits per heavy atom. The second-order valence-corrected chi connectivity index (χ2v) is 6.86. The highest BCUT2D eigenvalue weighted by Gasteiger charge is 2.19. The third-order valence-corrected chi connectivity index (χ3v) is 4.43. The largest absolute Gasteiger partial charge is 0.379 e. The molecule has 0 unspecified atom stereocenters. The average molecular weight is 303 g/mol. The molecule has 0 aliphatic rings. The molecule has 1 heterocycles. The van der Waals surface area contributed by atoms with Gasteiger partial charge in [-0.2, -0.15) is 0 Å². The van der Waals surface area contributed by atoms with E-state index in [1.807, 2.05) is 0 Å². The van der Waals surface area contributed by atoms with Crippen LogP contribution in [0.3, 0.4) is 0 Å². The zero-order valence-corrected chi connectivity index (χ0v) is 14.7. The molecule has 122 valence electrons. The maximum absolute atomic E-state index is 5.48. The van der Waals surface area contributed by atoms with Crippen LogP contribution in [0.15, 0.2) is 12.1 Å². The zero-order valence-electron chi connectivity index (χ0n) is 14.7. The molecule has 1 atom stereocenters. The molecule has 22 heavy (non-hydrogen) atoms. The number of aryl methyl sites for hydroxylation is 2. The molecule has 0 aliphatic carbocycles. The van der Waals surface area contributed by atoms with Crippen molar-refractivity contribution < 1.29 is 4.74 Å². The first-order chi connectivity index (χ1) is 10.3. The fourth-order valence-electron chi connectivity index (χ4n) is 2.81. The van der Waals surface area contributed by atoms with E-state index in [2.05, 4.69) is 57.1 Å². The first kappa shape index (κ1) is 17.0. The van der Waals surface area contributed by atoms with Gasteiger partial charge in [-0.05, 0) is 58.2 Å². The van der Waals surface area contributed by atoms with Gasteiger partial charge in [-0.25, -0.2) is 4.98 Å². The number of nitrogens with one attached hydrogen (secondary N) is 2. The Labute approximate surface area is 133 Å². The Hall–Kier alpha value is -1.39. The molecule has 2 N–H and O–H groups in total. The zero-order chi connectivity index (χ0) is 16.3. The summed E-state index contributed by atoms with van der Waals surface area (Å²) in [6, 6.07) is 4.68. The van der Waals surface area contributed by atoms with Crippen LogP contribution in [0.4, 0.5) is 0 Å². The minimum Gasteiger partial charge on any atom is -0.379 e. The number of hydrogen-bond donors (Lipinski definition) is 2. The van der Waals surface area contributed by atoms with Gasteiger partial charge in [-0.1, -0.05) is 6.07 Å². The molecule has 0 saturated heterocycles. The lowest BCUT2D eigenvalue weighted by atomic mass is 10.00. The number of aromatic nitrogens is 2. The summed E-state index contributed by atoms with van der Waals surface area (Å²) in [5.74, 6) is 1.05. The smallest absolute Gasteiger partial charge is 0.108 e. The Kier molecular flexibility index (Phi) is 5.24. The van der Waals surface area contributed by atoms with E-state index in [-0.39, 0.29) is 5.60 Å². The van der Waals surface area contributed by atoms with Crippen LogP contribution in [0, 0.1) is 13.8 Å². The van der Waals surface area contributed by atoms with Crippen molar-refractivity contribution in [1.82, 2.24) is 15.3 Å². The minimum absolute atomic E-state index is 0.0829. The molecule has 0 aliphatic heterocycles. The number of imidazole rings is 1. The van der Waals surface area contributed by atoms with Crippen LogP contribution in [0.2, 0.25) is 0 Å². The Morgan fingerprint density at radius 3 is 2.73 bits per heavy atom. The maximum atomic E-state index is 5.48. The van der Waals surface area contributed by atoms with Gasteiger partial charge in [0.05, 0.1) is 16.6 Å². The number of H-pyrrole nitrogens is 1. The SMILES string of the molecule is COC(C)(C)C[C@H](C)NCCc1nc2c(C)c(C)ccc2[nH]1. The van der Waals surface area contributed by atoms with E-state index in [0.717, 1.165) is 36.2 Å². The van der Waals surface area contributed by atoms with Gasteiger partial charge < -0.3 is 15.0 Å². The molecule has 4 nitrogen and oxygen atoms in total. The van der Waals surface area contributed by atoms with Crippen LogP contribution in [-0.2, 0) is 11.2 Å². The molecule has 1 aromatic carbocycles. The van der Waals surface area contributed by atoms with Gasteiger partial charge in [0.15, 0.2) is 0 Å². The summed E-state index contributed by atoms with van der Waals surface area (Å²) in [5, 5.41) is 3.55. The monoisotopic (exact) mass is 303 g/mol. The summed E-state index contributed by atoms with van der Waals surface area (Å²) >= 11 is 0. The van der Waals surface area contributed by atoms with Gasteiger partial charge in [-0.3, -0.25) is 0 Å². The van der Waals surface area contributed by atoms with E-state index in [4.69, 9.17) is 9.72 Å². The lowest BCUT2D eigenvalue weighted by Crippen LogP contribution is -2.36. The first-order valence-corrected chi connectivity index (χ1v) is 8.06. The van der Waals surface area contributed by atoms with E-state index >= 15 is 0 Å². The van der Waals surface area contributed by atoms with Crippen molar-refractivity contribution in [3.63, 3.8) is 0 Å². The van der Waals surface area contributed by atoms with Gasteiger partial charge in [0.1, 0.15) is 5.82 Å². The number of aromatic amines is 1. The summed E-state index contributed by atoms with van der Waals surface area (Å²) in [5.41, 5.74) is 4.71. The van der Waals surface area contributed by atoms with Crippen LogP contribution in [0.5, 0.6) is 0 Å². The molecule has 0 radical (unpaired) electrons. The fraction of sp³-hybridized carbons (Fsp3) is 0.611. The molecule has 0 bridgehead atoms. The Morgan fingerprint density at radius 2 is 2.05 bits per heavy atom. The van der Waals surface area contributed by atoms with Crippen LogP contribution in [-0.4, -0.2) is 35.3 Å². The quantitative estimate of drug-likeness (QED) is 0.823. The molecule has 2 aromatic rings. The lowest BCUT2D eigenvalue weighted by molar-refractivity contribution is 0.00864. The summed E-state index contributed by atoms with van der Waals surface area (Å²) in [6.45, 7) is 11.6. The standard InChI is InChI=1S/C18H29N3O/c1-12-7-8-15-17(14(12)3)21-16(20-15)9-10-19-13(2)11-18(4,5)22-6/h7-8,13,19H,9-11H2,1-6H3,(H,20,21)/t13-/m0/s1. The fourth-order valence-corrected chi connectivity index (χ4v) is 2.81. The van der Waals surface area contributed by atoms with Gasteiger partial charge in [0.25, 0.3) is 0 Å². The van der Waals surface area contributed by atoms with E-state index in [1.54, 1.807) is 7.11 Å². The third kappa shape index (κ3) is 4.08. The molecule has 1 aromatic heterocycles. The van der Waals surface area contributed by atoms with Crippen molar-refractivity contribution >= 4 is 11.0 Å². The second-order valence-electron chi connectivity index (χ2n) is 6.86. The molecular formula is C18H29N3O. The van der Waals surface area contributed by atoms with Gasteiger partial charge in [0, 0.05) is 26.1 Å². The van der Waals surface area contributed by atoms with Crippen molar-refractivity contribution in [2.24, 2.45) is 0 Å². The van der Waals surface area contributed by atoms with Crippen LogP contribution in [0.1, 0.15) is 44.1 Å². The van der Waals surface area contributed by atoms with E-state index in [0.29, 0.717) is 6.04 Å². The van der Waals surface area contributed by atoms with Crippen molar-refractivity contribution in [1.29, 1.82) is 0 Å². The molecule has 0 saturated carbocycles. The summed E-state index contributed by atoms with van der Waals surface area (Å²) in [7, 11) is 1.77.